The van der Waals surface area contributed by atoms with Crippen molar-refractivity contribution in [3.8, 4) is 5.75 Å². The van der Waals surface area contributed by atoms with E-state index in [1.807, 2.05) is 12.1 Å². The number of benzene rings is 1. The second-order valence-electron chi connectivity index (χ2n) is 7.05. The molecule has 1 saturated heterocycles. The molecular weight excluding hydrogens is 246 g/mol. The highest BCUT2D eigenvalue weighted by molar-refractivity contribution is 5.33. The molecule has 1 aromatic rings. The minimum Gasteiger partial charge on any atom is -0.508 e. The molecule has 110 valence electrons. The number of nitrogens with zero attached hydrogens (tertiary/aromatic N) is 1. The van der Waals surface area contributed by atoms with E-state index in [9.17, 15) is 5.11 Å². The fourth-order valence-corrected chi connectivity index (χ4v) is 4.16. The third-order valence-corrected chi connectivity index (χ3v) is 5.86. The van der Waals surface area contributed by atoms with Gasteiger partial charge in [0.1, 0.15) is 5.75 Å². The Morgan fingerprint density at radius 1 is 1.25 bits per heavy atom. The van der Waals surface area contributed by atoms with Gasteiger partial charge < -0.3 is 10.0 Å². The van der Waals surface area contributed by atoms with E-state index >= 15 is 0 Å². The molecule has 0 bridgehead atoms. The molecule has 2 aliphatic rings. The van der Waals surface area contributed by atoms with Crippen molar-refractivity contribution in [2.75, 3.05) is 13.1 Å². The summed E-state index contributed by atoms with van der Waals surface area (Å²) in [5.41, 5.74) is 1.50. The minimum atomic E-state index is 0.202. The Morgan fingerprint density at radius 3 is 2.65 bits per heavy atom. The average Bonchev–Trinajstić information content (AvgIpc) is 2.96. The first-order chi connectivity index (χ1) is 9.59. The number of piperidine rings is 1. The van der Waals surface area contributed by atoms with Gasteiger partial charge >= 0.3 is 0 Å². The summed E-state index contributed by atoms with van der Waals surface area (Å²) in [7, 11) is 0. The lowest BCUT2D eigenvalue weighted by Gasteiger charge is -2.47. The highest BCUT2D eigenvalue weighted by Crippen LogP contribution is 2.41. The van der Waals surface area contributed by atoms with Crippen molar-refractivity contribution < 1.29 is 5.11 Å². The predicted octanol–water partition coefficient (Wildman–Crippen LogP) is 3.93. The van der Waals surface area contributed by atoms with Crippen LogP contribution in [-0.2, 0) is 5.41 Å². The summed E-state index contributed by atoms with van der Waals surface area (Å²) >= 11 is 0. The topological polar surface area (TPSA) is 23.5 Å². The van der Waals surface area contributed by atoms with Gasteiger partial charge in [0.05, 0.1) is 0 Å². The maximum Gasteiger partial charge on any atom is 0.115 e. The van der Waals surface area contributed by atoms with E-state index in [4.69, 9.17) is 0 Å². The van der Waals surface area contributed by atoms with E-state index < -0.39 is 0 Å². The lowest BCUT2D eigenvalue weighted by molar-refractivity contribution is 0.0767. The van der Waals surface area contributed by atoms with Gasteiger partial charge in [-0.1, -0.05) is 38.8 Å². The Bertz CT molecular complexity index is 466. The van der Waals surface area contributed by atoms with Crippen molar-refractivity contribution in [3.63, 3.8) is 0 Å². The maximum atomic E-state index is 9.76. The summed E-state index contributed by atoms with van der Waals surface area (Å²) < 4.78 is 0. The van der Waals surface area contributed by atoms with E-state index in [1.165, 1.54) is 50.8 Å². The molecule has 2 nitrogen and oxygen atoms in total. The number of phenols is 1. The number of aromatic hydroxyl groups is 1. The van der Waals surface area contributed by atoms with E-state index in [1.54, 1.807) is 6.07 Å². The van der Waals surface area contributed by atoms with E-state index in [-0.39, 0.29) is 5.41 Å². The Hall–Kier alpha value is -1.02. The second kappa shape index (κ2) is 5.40. The van der Waals surface area contributed by atoms with Crippen LogP contribution < -0.4 is 0 Å². The number of likely N-dealkylation sites (tertiary alicyclic amines) is 1. The monoisotopic (exact) mass is 273 g/mol. The van der Waals surface area contributed by atoms with Gasteiger partial charge in [-0.25, -0.2) is 0 Å². The van der Waals surface area contributed by atoms with Crippen LogP contribution >= 0.6 is 0 Å². The molecule has 1 aromatic carbocycles. The summed E-state index contributed by atoms with van der Waals surface area (Å²) in [5.74, 6) is 1.03. The van der Waals surface area contributed by atoms with E-state index in [2.05, 4.69) is 24.8 Å². The summed E-state index contributed by atoms with van der Waals surface area (Å²) in [6.07, 6.45) is 6.83. The largest absolute Gasteiger partial charge is 0.508 e. The van der Waals surface area contributed by atoms with Crippen LogP contribution in [-0.4, -0.2) is 29.1 Å². The van der Waals surface area contributed by atoms with Crippen molar-refractivity contribution in [3.05, 3.63) is 29.8 Å². The average molecular weight is 273 g/mol. The van der Waals surface area contributed by atoms with Crippen molar-refractivity contribution in [2.45, 2.75) is 57.4 Å². The molecule has 0 spiro atoms. The molecule has 1 aliphatic heterocycles. The summed E-state index contributed by atoms with van der Waals surface area (Å²) in [4.78, 5) is 2.72. The van der Waals surface area contributed by atoms with Gasteiger partial charge in [0.2, 0.25) is 0 Å². The Kier molecular flexibility index (Phi) is 3.76. The normalized spacial score (nSPS) is 32.6. The van der Waals surface area contributed by atoms with Gasteiger partial charge in [-0.2, -0.15) is 0 Å². The number of hydrogen-bond acceptors (Lipinski definition) is 2. The molecule has 2 fully saturated rings. The quantitative estimate of drug-likeness (QED) is 0.882. The molecule has 20 heavy (non-hydrogen) atoms. The van der Waals surface area contributed by atoms with E-state index in [0.29, 0.717) is 11.7 Å². The van der Waals surface area contributed by atoms with Crippen molar-refractivity contribution in [2.24, 2.45) is 5.92 Å². The first-order valence-corrected chi connectivity index (χ1v) is 8.13. The van der Waals surface area contributed by atoms with Gasteiger partial charge in [0, 0.05) is 12.6 Å². The van der Waals surface area contributed by atoms with Gasteiger partial charge in [0.25, 0.3) is 0 Å². The summed E-state index contributed by atoms with van der Waals surface area (Å²) in [5, 5.41) is 9.76. The van der Waals surface area contributed by atoms with Gasteiger partial charge in [-0.15, -0.1) is 0 Å². The van der Waals surface area contributed by atoms with Crippen LogP contribution in [0.5, 0.6) is 5.75 Å². The van der Waals surface area contributed by atoms with E-state index in [0.717, 1.165) is 6.04 Å². The fourth-order valence-electron chi connectivity index (χ4n) is 4.16. The zero-order valence-electron chi connectivity index (χ0n) is 12.8. The molecule has 3 rings (SSSR count). The Labute approximate surface area is 122 Å². The summed E-state index contributed by atoms with van der Waals surface area (Å²) in [6.45, 7) is 7.17. The molecule has 0 amide bonds. The molecule has 2 atom stereocenters. The molecule has 1 saturated carbocycles. The van der Waals surface area contributed by atoms with Crippen molar-refractivity contribution in [1.82, 2.24) is 4.90 Å². The third-order valence-electron chi connectivity index (χ3n) is 5.86. The number of phenolic OH excluding ortho intramolecular Hbond substituents is 1. The van der Waals surface area contributed by atoms with Crippen LogP contribution in [0, 0.1) is 5.92 Å². The van der Waals surface area contributed by atoms with Crippen LogP contribution in [0.3, 0.4) is 0 Å². The number of rotatable bonds is 2. The van der Waals surface area contributed by atoms with Crippen LogP contribution in [0.2, 0.25) is 0 Å². The van der Waals surface area contributed by atoms with Crippen molar-refractivity contribution in [1.29, 1.82) is 0 Å². The lowest BCUT2D eigenvalue weighted by Crippen LogP contribution is -2.50. The SMILES string of the molecule is C[C@H]1CN(C2CCCC2)CC[C@@]1(C)c1cccc(O)c1. The molecule has 1 N–H and O–H groups in total. The molecule has 1 aliphatic carbocycles. The first-order valence-electron chi connectivity index (χ1n) is 8.13. The first kappa shape index (κ1) is 13.9. The third kappa shape index (κ3) is 2.46. The maximum absolute atomic E-state index is 9.76. The molecule has 0 unspecified atom stereocenters. The predicted molar refractivity (Wildman–Crippen MR) is 83.1 cm³/mol. The highest BCUT2D eigenvalue weighted by atomic mass is 16.3. The highest BCUT2D eigenvalue weighted by Gasteiger charge is 2.40. The fraction of sp³-hybridized carbons (Fsp3) is 0.667. The van der Waals surface area contributed by atoms with Crippen molar-refractivity contribution >= 4 is 0 Å². The standard InChI is InChI=1S/C18H27NO/c1-14-13-19(16-7-3-4-8-16)11-10-18(14,2)15-6-5-9-17(20)12-15/h5-6,9,12,14,16,20H,3-4,7-8,10-11,13H2,1-2H3/t14-,18+/m0/s1. The van der Waals surface area contributed by atoms with Crippen LogP contribution in [0.4, 0.5) is 0 Å². The molecular formula is C18H27NO. The molecule has 2 heteroatoms. The molecule has 0 radical (unpaired) electrons. The Balaban J connectivity index is 1.76. The van der Waals surface area contributed by atoms with Gasteiger partial charge in [-0.05, 0) is 54.8 Å². The zero-order chi connectivity index (χ0) is 14.2. The molecule has 1 heterocycles. The molecule has 0 aromatic heterocycles. The zero-order valence-corrected chi connectivity index (χ0v) is 12.8. The van der Waals surface area contributed by atoms with Crippen LogP contribution in [0.1, 0.15) is 51.5 Å². The lowest BCUT2D eigenvalue weighted by atomic mass is 9.68. The van der Waals surface area contributed by atoms with Gasteiger partial charge in [-0.3, -0.25) is 0 Å². The Morgan fingerprint density at radius 2 is 2.00 bits per heavy atom. The second-order valence-corrected chi connectivity index (χ2v) is 7.05. The van der Waals surface area contributed by atoms with Crippen LogP contribution in [0.25, 0.3) is 0 Å². The summed E-state index contributed by atoms with van der Waals surface area (Å²) in [6, 6.07) is 8.73. The van der Waals surface area contributed by atoms with Crippen LogP contribution in [0.15, 0.2) is 24.3 Å². The number of hydrogen-bond donors (Lipinski definition) is 1. The minimum absolute atomic E-state index is 0.202. The smallest absolute Gasteiger partial charge is 0.115 e. The van der Waals surface area contributed by atoms with Gasteiger partial charge in [0.15, 0.2) is 0 Å².